The van der Waals surface area contributed by atoms with Gasteiger partial charge in [-0.05, 0) is 193 Å². The number of rotatable bonds is 6. The van der Waals surface area contributed by atoms with Crippen molar-refractivity contribution < 1.29 is 58.0 Å². The van der Waals surface area contributed by atoms with E-state index in [1.54, 1.807) is 11.4 Å². The number of aryl methyl sites for hydroxylation is 6. The normalized spacial score (nSPS) is 13.0. The molecule has 4 aliphatic rings. The fourth-order valence-corrected chi connectivity index (χ4v) is 11.0. The van der Waals surface area contributed by atoms with Crippen LogP contribution >= 0.6 is 86.1 Å². The fraction of sp³-hybridized carbons (Fsp3) is 0.333. The Morgan fingerprint density at radius 1 is 0.553 bits per heavy atom. The number of benzene rings is 6. The van der Waals surface area contributed by atoms with E-state index in [1.165, 1.54) is 18.1 Å². The van der Waals surface area contributed by atoms with Crippen LogP contribution in [0.2, 0.25) is 15.5 Å². The van der Waals surface area contributed by atoms with Crippen LogP contribution in [0.25, 0.3) is 49.8 Å². The first-order chi connectivity index (χ1) is 53.4. The maximum Gasteiger partial charge on any atom is 1.00 e. The van der Waals surface area contributed by atoms with Gasteiger partial charge >= 0.3 is 40.7 Å². The molecule has 6 aromatic carbocycles. The zero-order chi connectivity index (χ0) is 82.6. The number of carbonyl (C=O) groups excluding carboxylic acids is 4. The fourth-order valence-electron chi connectivity index (χ4n) is 10.5. The van der Waals surface area contributed by atoms with E-state index in [2.05, 4.69) is 165 Å². The Hall–Kier alpha value is -8.10. The van der Waals surface area contributed by atoms with Crippen LogP contribution in [0.3, 0.4) is 0 Å². The number of nitrogens with one attached hydrogen (secondary N) is 5. The molecule has 15 rings (SSSR count). The molecule has 33 nitrogen and oxygen atoms in total. The molecule has 17 N–H and O–H groups in total. The van der Waals surface area contributed by atoms with Gasteiger partial charge in [-0.15, -0.1) is 22.8 Å². The molecule has 11 aromatic rings. The zero-order valence-electron chi connectivity index (χ0n) is 64.3. The minimum atomic E-state index is -3.22. The molecule has 114 heavy (non-hydrogen) atoms. The topological polar surface area (TPSA) is 503 Å². The number of nitrogens with zero attached hydrogens (tertiary/aromatic N) is 14. The van der Waals surface area contributed by atoms with E-state index in [-0.39, 0.29) is 71.1 Å². The van der Waals surface area contributed by atoms with Crippen molar-refractivity contribution in [1.82, 2.24) is 76.2 Å². The number of Topliss-reactive ketones (excluding diaryl/α,β-unsaturated/α-hetero) is 2. The maximum absolute atomic E-state index is 11.1. The van der Waals surface area contributed by atoms with E-state index in [9.17, 15) is 23.7 Å². The number of nitrogens with two attached hydrogens (primary N) is 6. The number of aromatic nitrogens is 11. The molecule has 4 aliphatic heterocycles. The molecule has 0 saturated carbocycles. The third kappa shape index (κ3) is 33.6. The van der Waals surface area contributed by atoms with Gasteiger partial charge in [0.05, 0.1) is 73.5 Å². The van der Waals surface area contributed by atoms with Crippen LogP contribution in [0.15, 0.2) is 115 Å². The molecule has 0 bridgehead atoms. The number of ketones is 2. The van der Waals surface area contributed by atoms with Crippen molar-refractivity contribution in [2.24, 2.45) is 28.5 Å². The average Bonchev–Trinajstić information content (AvgIpc) is 1.53. The Morgan fingerprint density at radius 2 is 0.947 bits per heavy atom. The minimum Gasteiger partial charge on any atom is -0.460 e. The van der Waals surface area contributed by atoms with Crippen molar-refractivity contribution in [3.63, 3.8) is 0 Å². The number of ether oxygens (including phenoxy) is 1. The van der Waals surface area contributed by atoms with Gasteiger partial charge < -0.3 is 74.2 Å². The molecule has 42 heteroatoms. The molecule has 5 aromatic heterocycles. The number of anilines is 5. The summed E-state index contributed by atoms with van der Waals surface area (Å²) in [6, 6.07) is 35.2. The van der Waals surface area contributed by atoms with Crippen LogP contribution in [-0.2, 0) is 48.0 Å². The number of hydrogen-bond acceptors (Lipinski definition) is 31. The first-order valence-electron chi connectivity index (χ1n) is 34.6. The molecule has 0 radical (unpaired) electrons. The van der Waals surface area contributed by atoms with Crippen LogP contribution in [-0.4, -0.2) is 164 Å². The number of piperazine rings is 3. The number of amides is 1. The third-order valence-corrected chi connectivity index (χ3v) is 16.7. The smallest absolute Gasteiger partial charge is 0.460 e. The molecule has 3 fully saturated rings. The summed E-state index contributed by atoms with van der Waals surface area (Å²) >= 11 is 31.2. The SMILES string of the molecule is C1CNCCN1.CCOC(=O)C(C)=O.Cc1ccc(N)c(N)c1.Cc1ccc2c(c1)CC(=O)C(=O)N2.Cc1ccc2nc(Cl)c(CN)nc2c1.Cc1ccc2nc(Cl)c(Cl)nc2c1.Cc1ccc2nc(N3CCNCC3)c(CN)nc2c1.Cc1ccc2nc(N3CCNCC3)c3nnnn3c2c1.Cl.NN.O=N[O-].O=P(Cl)(Cl)Cl.[Na+]. The van der Waals surface area contributed by atoms with Gasteiger partial charge in [0.2, 0.25) is 17.2 Å². The number of tetrazole rings is 1. The van der Waals surface area contributed by atoms with E-state index in [0.717, 1.165) is 184 Å². The van der Waals surface area contributed by atoms with Gasteiger partial charge in [0.25, 0.3) is 5.91 Å². The first kappa shape index (κ1) is 100. The van der Waals surface area contributed by atoms with E-state index in [1.807, 2.05) is 113 Å². The first-order valence-corrected chi connectivity index (χ1v) is 40.2. The van der Waals surface area contributed by atoms with Gasteiger partial charge in [-0.3, -0.25) is 30.6 Å². The Morgan fingerprint density at radius 3 is 1.40 bits per heavy atom. The predicted molar refractivity (Wildman–Crippen MR) is 456 cm³/mol. The second-order valence-electron chi connectivity index (χ2n) is 24.6. The van der Waals surface area contributed by atoms with Crippen LogP contribution in [0.1, 0.15) is 64.2 Å². The molecule has 3 saturated heterocycles. The molecule has 0 aliphatic carbocycles. The maximum atomic E-state index is 11.1. The summed E-state index contributed by atoms with van der Waals surface area (Å²) < 4.78 is 15.6. The van der Waals surface area contributed by atoms with Crippen molar-refractivity contribution >= 4 is 188 Å². The number of hydrazine groups is 1. The van der Waals surface area contributed by atoms with Gasteiger partial charge in [-0.1, -0.05) is 82.8 Å². The zero-order valence-corrected chi connectivity index (χ0v) is 72.6. The second kappa shape index (κ2) is 51.8. The number of carbonyl (C=O) groups is 4. The number of esters is 1. The van der Waals surface area contributed by atoms with Crippen molar-refractivity contribution in [3.05, 3.63) is 185 Å². The van der Waals surface area contributed by atoms with E-state index >= 15 is 0 Å². The predicted octanol–water partition coefficient (Wildman–Crippen LogP) is 7.33. The largest absolute Gasteiger partial charge is 1.00 e. The minimum absolute atomic E-state index is 0. The van der Waals surface area contributed by atoms with Gasteiger partial charge in [-0.2, -0.15) is 4.52 Å². The number of fused-ring (bicyclic) bond motifs is 7. The summed E-state index contributed by atoms with van der Waals surface area (Å²) in [7, 11) is 0. The summed E-state index contributed by atoms with van der Waals surface area (Å²) in [6.07, 6.45) is 0.225. The summed E-state index contributed by atoms with van der Waals surface area (Å²) in [6.45, 7) is 28.1. The van der Waals surface area contributed by atoms with Gasteiger partial charge in [0.15, 0.2) is 27.1 Å². The molecule has 1 amide bonds. The molecule has 608 valence electrons. The van der Waals surface area contributed by atoms with Crippen molar-refractivity contribution in [3.8, 4) is 0 Å². The third-order valence-electron chi connectivity index (χ3n) is 15.8. The molecule has 9 heterocycles. The Labute approximate surface area is 716 Å². The van der Waals surface area contributed by atoms with E-state index < -0.39 is 22.9 Å². The van der Waals surface area contributed by atoms with Crippen molar-refractivity contribution in [2.75, 3.05) is 112 Å². The van der Waals surface area contributed by atoms with Crippen LogP contribution in [0, 0.1) is 51.7 Å². The van der Waals surface area contributed by atoms with E-state index in [0.29, 0.717) is 35.3 Å². The number of hydrogen-bond donors (Lipinski definition) is 11. The van der Waals surface area contributed by atoms with Crippen molar-refractivity contribution in [1.29, 1.82) is 0 Å². The summed E-state index contributed by atoms with van der Waals surface area (Å²) in [5.41, 5.74) is 41.3. The van der Waals surface area contributed by atoms with Gasteiger partial charge in [0, 0.05) is 111 Å². The Kier molecular flexibility index (Phi) is 45.5. The Bertz CT molecular complexity index is 4990. The quantitative estimate of drug-likeness (QED) is 0.0113. The standard InChI is InChI=1S/C14H19N5.C13H15N7.C10H10ClN3.C10H9NO2.C9H6Cl2N2.C7H10N2.C5H8O3.C4H10N2.Cl3OP.ClH.H4N2.HNO2.Na/c1-10-2-3-11-12(8-10)17-13(9-15)14(18-11)19-6-4-16-5-7-19;1-9-2-3-10-11(8-9)20-13(16-17-18-20)12(15-10)19-6-4-14-5-7-19;1-6-2-3-7-8(4-6)13-9(5-12)10(11)14-7;1-6-2-3-8-7(4-6)5-9(12)10(13)11-8;1-5-2-3-6-7(4-5)13-9(11)8(10)12-6;1-5-2-3-6(8)7(9)4-5;1-3-8-5(7)4(2)6;1-2-6-4-3-5-1;1-5(2,3)4;;1-2;2-1-3;/h2-3,8,16H,4-7,9,15H2,1H3;2-3,8,14H,4-7H2,1H3;2-4H,5,12H2,1H3;2-4H,5H2,1H3,(H,11,13);2-4H,1H3;2-4H,8-9H2,1H3;3H2,1-2H3;5-6H,1-4H2;;1H;1-2H2;(H,2,3);/q;;;;;;;;;;;;+1/p-1. The number of halogens is 7. The summed E-state index contributed by atoms with van der Waals surface area (Å²) in [5.74, 6) is 7.64. The van der Waals surface area contributed by atoms with E-state index in [4.69, 9.17) is 77.8 Å². The van der Waals surface area contributed by atoms with Gasteiger partial charge in [-0.25, -0.2) is 39.7 Å². The van der Waals surface area contributed by atoms with Crippen LogP contribution in [0.4, 0.5) is 28.7 Å². The Balaban J connectivity index is 0.000000338. The average molecular weight is 1740 g/mol. The molecule has 0 unspecified atom stereocenters. The second-order valence-corrected chi connectivity index (χ2v) is 32.3. The molecular formula is C72H92Cl7N25NaO8P. The van der Waals surface area contributed by atoms with Crippen LogP contribution < -0.4 is 101 Å². The summed E-state index contributed by atoms with van der Waals surface area (Å²) in [5, 5.41) is 34.4. The van der Waals surface area contributed by atoms with Crippen molar-refractivity contribution in [2.45, 2.75) is 74.9 Å². The monoisotopic (exact) mass is 1730 g/mol. The molecule has 0 spiro atoms. The number of nitrogen functional groups attached to an aromatic ring is 2. The molecular weight excluding hydrogens is 1650 g/mol. The molecule has 0 atom stereocenters. The van der Waals surface area contributed by atoms with Crippen LogP contribution in [0.5, 0.6) is 0 Å². The summed E-state index contributed by atoms with van der Waals surface area (Å²) in [4.78, 5) is 85.7. The van der Waals surface area contributed by atoms with Gasteiger partial charge in [0.1, 0.15) is 0 Å².